The van der Waals surface area contributed by atoms with Crippen molar-refractivity contribution >= 4 is 24.1 Å². The van der Waals surface area contributed by atoms with Gasteiger partial charge in [0.25, 0.3) is 5.91 Å². The lowest BCUT2D eigenvalue weighted by Crippen LogP contribution is -2.10. The molecule has 1 heterocycles. The Balaban J connectivity index is 0.000000810. The van der Waals surface area contributed by atoms with Crippen molar-refractivity contribution in [2.24, 2.45) is 5.73 Å². The fourth-order valence-electron chi connectivity index (χ4n) is 0.463. The summed E-state index contributed by atoms with van der Waals surface area (Å²) in [5, 5.41) is 5.85. The molecule has 0 radical (unpaired) electrons. The minimum absolute atomic E-state index is 0. The maximum absolute atomic E-state index is 10.3. The molecule has 5 nitrogen and oxygen atoms in total. The van der Waals surface area contributed by atoms with Crippen LogP contribution >= 0.6 is 12.4 Å². The zero-order valence-corrected chi connectivity index (χ0v) is 5.81. The average molecular weight is 163 g/mol. The molecule has 1 amide bonds. The lowest BCUT2D eigenvalue weighted by molar-refractivity contribution is 0.0995. The van der Waals surface area contributed by atoms with Gasteiger partial charge in [-0.2, -0.15) is 5.10 Å². The van der Waals surface area contributed by atoms with Gasteiger partial charge in [-0.25, -0.2) is 0 Å². The number of aromatic nitrogens is 2. The van der Waals surface area contributed by atoms with Crippen LogP contribution in [0.3, 0.4) is 0 Å². The Bertz CT molecular complexity index is 233. The minimum Gasteiger partial charge on any atom is -0.382 e. The Morgan fingerprint density at radius 2 is 2.30 bits per heavy atom. The number of amides is 1. The first-order chi connectivity index (χ1) is 4.20. The molecule has 0 unspecified atom stereocenters. The van der Waals surface area contributed by atoms with E-state index < -0.39 is 5.91 Å². The Morgan fingerprint density at radius 3 is 2.50 bits per heavy atom. The van der Waals surface area contributed by atoms with Crippen molar-refractivity contribution in [2.75, 3.05) is 5.73 Å². The van der Waals surface area contributed by atoms with Gasteiger partial charge in [0.2, 0.25) is 0 Å². The number of aromatic amines is 1. The molecule has 1 aromatic rings. The number of nitrogens with one attached hydrogen (secondary N) is 1. The lowest BCUT2D eigenvalue weighted by atomic mass is 10.4. The molecule has 1 rings (SSSR count). The summed E-state index contributed by atoms with van der Waals surface area (Å²) >= 11 is 0. The second kappa shape index (κ2) is 3.07. The Labute approximate surface area is 63.2 Å². The predicted octanol–water partition coefficient (Wildman–Crippen LogP) is -0.487. The number of H-pyrrole nitrogens is 1. The third kappa shape index (κ3) is 1.63. The predicted molar refractivity (Wildman–Crippen MR) is 38.8 cm³/mol. The van der Waals surface area contributed by atoms with Crippen LogP contribution in [0.25, 0.3) is 0 Å². The molecule has 0 atom stereocenters. The number of hydrogen-bond donors (Lipinski definition) is 3. The van der Waals surface area contributed by atoms with E-state index in [9.17, 15) is 4.79 Å². The second-order valence-corrected chi connectivity index (χ2v) is 1.57. The summed E-state index contributed by atoms with van der Waals surface area (Å²) < 4.78 is 0. The molecular weight excluding hydrogens is 156 g/mol. The molecule has 56 valence electrons. The van der Waals surface area contributed by atoms with Crippen LogP contribution in [0.2, 0.25) is 0 Å². The fourth-order valence-corrected chi connectivity index (χ4v) is 0.463. The normalized spacial score (nSPS) is 8.40. The molecule has 6 heteroatoms. The van der Waals surface area contributed by atoms with Crippen molar-refractivity contribution in [1.82, 2.24) is 10.2 Å². The Hall–Kier alpha value is -1.23. The van der Waals surface area contributed by atoms with E-state index in [1.54, 1.807) is 0 Å². The number of carbonyl (C=O) groups excluding carboxylic acids is 1. The van der Waals surface area contributed by atoms with E-state index in [0.29, 0.717) is 0 Å². The molecule has 0 fully saturated rings. The summed E-state index contributed by atoms with van der Waals surface area (Å²) in [6.45, 7) is 0. The van der Waals surface area contributed by atoms with Gasteiger partial charge in [-0.05, 0) is 0 Å². The molecule has 1 aromatic heterocycles. The van der Waals surface area contributed by atoms with E-state index in [4.69, 9.17) is 11.5 Å². The smallest absolute Gasteiger partial charge is 0.266 e. The first-order valence-corrected chi connectivity index (χ1v) is 2.31. The number of carbonyl (C=O) groups is 1. The van der Waals surface area contributed by atoms with Gasteiger partial charge < -0.3 is 11.5 Å². The molecule has 0 saturated carbocycles. The van der Waals surface area contributed by atoms with Crippen molar-refractivity contribution in [1.29, 1.82) is 0 Å². The standard InChI is InChI=1S/C4H6N4O.ClH/c5-3-1-2(4(6)9)7-8-3;/h1H,(H2,6,9)(H3,5,7,8);1H. The van der Waals surface area contributed by atoms with Crippen LogP contribution in [0.15, 0.2) is 6.07 Å². The van der Waals surface area contributed by atoms with Crippen molar-refractivity contribution in [3.8, 4) is 0 Å². The van der Waals surface area contributed by atoms with Crippen LogP contribution in [0.4, 0.5) is 5.82 Å². The monoisotopic (exact) mass is 162 g/mol. The van der Waals surface area contributed by atoms with Gasteiger partial charge >= 0.3 is 0 Å². The summed E-state index contributed by atoms with van der Waals surface area (Å²) in [6.07, 6.45) is 0. The van der Waals surface area contributed by atoms with Crippen molar-refractivity contribution in [2.45, 2.75) is 0 Å². The van der Waals surface area contributed by atoms with Gasteiger partial charge in [-0.3, -0.25) is 9.89 Å². The molecular formula is C4H7ClN4O. The number of anilines is 1. The van der Waals surface area contributed by atoms with E-state index in [2.05, 4.69) is 10.2 Å². The van der Waals surface area contributed by atoms with Gasteiger partial charge in [0.15, 0.2) is 0 Å². The maximum Gasteiger partial charge on any atom is 0.266 e. The van der Waals surface area contributed by atoms with E-state index >= 15 is 0 Å². The van der Waals surface area contributed by atoms with E-state index in [1.165, 1.54) is 6.07 Å². The lowest BCUT2D eigenvalue weighted by Gasteiger charge is -1.80. The van der Waals surface area contributed by atoms with Gasteiger partial charge in [-0.15, -0.1) is 12.4 Å². The number of hydrogen-bond acceptors (Lipinski definition) is 3. The molecule has 0 spiro atoms. The highest BCUT2D eigenvalue weighted by Crippen LogP contribution is 1.97. The molecule has 0 aromatic carbocycles. The summed E-state index contributed by atoms with van der Waals surface area (Å²) in [4.78, 5) is 10.3. The average Bonchev–Trinajstić information content (AvgIpc) is 2.14. The number of nitrogen functional groups attached to an aromatic ring is 1. The molecule has 0 aliphatic rings. The third-order valence-electron chi connectivity index (χ3n) is 0.863. The number of nitrogens with zero attached hydrogens (tertiary/aromatic N) is 1. The zero-order valence-electron chi connectivity index (χ0n) is 5.00. The highest BCUT2D eigenvalue weighted by atomic mass is 35.5. The molecule has 0 aliphatic carbocycles. The van der Waals surface area contributed by atoms with Crippen LogP contribution in [-0.2, 0) is 0 Å². The largest absolute Gasteiger partial charge is 0.382 e. The van der Waals surface area contributed by atoms with Gasteiger partial charge in [0.1, 0.15) is 11.5 Å². The molecule has 5 N–H and O–H groups in total. The second-order valence-electron chi connectivity index (χ2n) is 1.57. The zero-order chi connectivity index (χ0) is 6.85. The highest BCUT2D eigenvalue weighted by Gasteiger charge is 2.01. The number of rotatable bonds is 1. The summed E-state index contributed by atoms with van der Waals surface area (Å²) in [7, 11) is 0. The quantitative estimate of drug-likeness (QED) is 0.520. The SMILES string of the molecule is Cl.NC(=O)c1cc(N)n[nH]1. The molecule has 0 saturated heterocycles. The van der Waals surface area contributed by atoms with Crippen LogP contribution in [0.5, 0.6) is 0 Å². The van der Waals surface area contributed by atoms with Crippen LogP contribution < -0.4 is 11.5 Å². The minimum atomic E-state index is -0.556. The molecule has 0 aliphatic heterocycles. The molecule has 10 heavy (non-hydrogen) atoms. The number of nitrogens with two attached hydrogens (primary N) is 2. The molecule has 0 bridgehead atoms. The Kier molecular flexibility index (Phi) is 2.69. The van der Waals surface area contributed by atoms with Gasteiger partial charge in [0, 0.05) is 6.07 Å². The van der Waals surface area contributed by atoms with E-state index in [1.807, 2.05) is 0 Å². The van der Waals surface area contributed by atoms with E-state index in [-0.39, 0.29) is 23.9 Å². The third-order valence-corrected chi connectivity index (χ3v) is 0.863. The van der Waals surface area contributed by atoms with Crippen molar-refractivity contribution in [3.63, 3.8) is 0 Å². The first kappa shape index (κ1) is 8.77. The number of primary amides is 1. The summed E-state index contributed by atoms with van der Waals surface area (Å²) in [6, 6.07) is 1.38. The van der Waals surface area contributed by atoms with Crippen molar-refractivity contribution < 1.29 is 4.79 Å². The van der Waals surface area contributed by atoms with Crippen LogP contribution in [0, 0.1) is 0 Å². The first-order valence-electron chi connectivity index (χ1n) is 2.31. The number of halogens is 1. The summed E-state index contributed by atoms with van der Waals surface area (Å²) in [5.74, 6) is -0.289. The fraction of sp³-hybridized carbons (Fsp3) is 0. The van der Waals surface area contributed by atoms with Crippen LogP contribution in [0.1, 0.15) is 10.5 Å². The topological polar surface area (TPSA) is 97.8 Å². The highest BCUT2D eigenvalue weighted by molar-refractivity contribution is 5.91. The van der Waals surface area contributed by atoms with Gasteiger partial charge in [-0.1, -0.05) is 0 Å². The van der Waals surface area contributed by atoms with Gasteiger partial charge in [0.05, 0.1) is 0 Å². The van der Waals surface area contributed by atoms with E-state index in [0.717, 1.165) is 0 Å². The summed E-state index contributed by atoms with van der Waals surface area (Å²) in [5.41, 5.74) is 10.3. The van der Waals surface area contributed by atoms with Crippen LogP contribution in [-0.4, -0.2) is 16.1 Å². The maximum atomic E-state index is 10.3. The Morgan fingerprint density at radius 1 is 1.70 bits per heavy atom. The van der Waals surface area contributed by atoms with Crippen molar-refractivity contribution in [3.05, 3.63) is 11.8 Å².